The van der Waals surface area contributed by atoms with E-state index in [2.05, 4.69) is 10.5 Å². The van der Waals surface area contributed by atoms with Crippen molar-refractivity contribution in [2.75, 3.05) is 13.1 Å². The number of rotatable bonds is 8. The van der Waals surface area contributed by atoms with Crippen LogP contribution in [0.4, 0.5) is 0 Å². The van der Waals surface area contributed by atoms with E-state index in [1.54, 1.807) is 27.7 Å². The first-order valence-corrected chi connectivity index (χ1v) is 12.5. The molecule has 10 heteroatoms. The molecule has 1 aliphatic rings. The van der Waals surface area contributed by atoms with Gasteiger partial charge in [0.2, 0.25) is 15.9 Å². The summed E-state index contributed by atoms with van der Waals surface area (Å²) in [6.07, 6.45) is 0.542. The van der Waals surface area contributed by atoms with Gasteiger partial charge in [-0.05, 0) is 46.1 Å². The summed E-state index contributed by atoms with van der Waals surface area (Å²) in [5.41, 5.74) is 1.14. The minimum absolute atomic E-state index is 0.0210. The molecule has 0 aliphatic carbocycles. The van der Waals surface area contributed by atoms with E-state index in [0.29, 0.717) is 18.5 Å². The molecule has 1 unspecified atom stereocenters. The van der Waals surface area contributed by atoms with Gasteiger partial charge in [-0.25, -0.2) is 8.42 Å². The smallest absolute Gasteiger partial charge is 0.308 e. The Balaban J connectivity index is 1.65. The molecule has 1 aliphatic heterocycles. The predicted molar refractivity (Wildman–Crippen MR) is 121 cm³/mol. The quantitative estimate of drug-likeness (QED) is 0.581. The summed E-state index contributed by atoms with van der Waals surface area (Å²) in [6.45, 7) is 7.15. The van der Waals surface area contributed by atoms with Crippen LogP contribution in [-0.4, -0.2) is 48.9 Å². The number of carbonyl (C=O) groups excluding carboxylic acids is 2. The van der Waals surface area contributed by atoms with Crippen molar-refractivity contribution in [3.8, 4) is 0 Å². The van der Waals surface area contributed by atoms with Gasteiger partial charge < -0.3 is 14.6 Å². The third kappa shape index (κ3) is 6.00. The van der Waals surface area contributed by atoms with E-state index in [-0.39, 0.29) is 54.1 Å². The molecule has 1 aromatic heterocycles. The molecule has 1 saturated heterocycles. The van der Waals surface area contributed by atoms with Gasteiger partial charge in [-0.2, -0.15) is 4.31 Å². The summed E-state index contributed by atoms with van der Waals surface area (Å²) in [4.78, 5) is 25.4. The topological polar surface area (TPSA) is 119 Å². The van der Waals surface area contributed by atoms with E-state index in [1.807, 2.05) is 30.3 Å². The Morgan fingerprint density at radius 2 is 1.82 bits per heavy atom. The van der Waals surface area contributed by atoms with Crippen LogP contribution in [0, 0.1) is 19.8 Å². The van der Waals surface area contributed by atoms with Gasteiger partial charge in [0.05, 0.1) is 18.6 Å². The second-order valence-electron chi connectivity index (χ2n) is 8.55. The Kier molecular flexibility index (Phi) is 7.91. The van der Waals surface area contributed by atoms with E-state index in [4.69, 9.17) is 9.26 Å². The highest BCUT2D eigenvalue weighted by Crippen LogP contribution is 2.28. The van der Waals surface area contributed by atoms with Gasteiger partial charge in [-0.3, -0.25) is 9.59 Å². The Morgan fingerprint density at radius 3 is 2.36 bits per heavy atom. The van der Waals surface area contributed by atoms with Crippen molar-refractivity contribution in [1.29, 1.82) is 0 Å². The number of nitrogens with zero attached hydrogens (tertiary/aromatic N) is 2. The number of hydrogen-bond donors (Lipinski definition) is 1. The number of carbonyl (C=O) groups is 2. The molecule has 0 radical (unpaired) electrons. The fourth-order valence-corrected chi connectivity index (χ4v) is 5.80. The second kappa shape index (κ2) is 10.5. The van der Waals surface area contributed by atoms with E-state index in [9.17, 15) is 18.0 Å². The van der Waals surface area contributed by atoms with Crippen LogP contribution < -0.4 is 5.32 Å². The zero-order chi connectivity index (χ0) is 24.2. The first-order valence-electron chi connectivity index (χ1n) is 11.1. The largest absolute Gasteiger partial charge is 0.463 e. The summed E-state index contributed by atoms with van der Waals surface area (Å²) in [5, 5.41) is 6.71. The lowest BCUT2D eigenvalue weighted by Crippen LogP contribution is -2.44. The predicted octanol–water partition coefficient (Wildman–Crippen LogP) is 2.89. The summed E-state index contributed by atoms with van der Waals surface area (Å²) < 4.78 is 37.7. The van der Waals surface area contributed by atoms with E-state index in [0.717, 1.165) is 5.56 Å². The van der Waals surface area contributed by atoms with Gasteiger partial charge in [0, 0.05) is 19.0 Å². The minimum atomic E-state index is -3.74. The van der Waals surface area contributed by atoms with Gasteiger partial charge in [-0.1, -0.05) is 35.5 Å². The number of esters is 1. The van der Waals surface area contributed by atoms with Crippen molar-refractivity contribution >= 4 is 21.9 Å². The van der Waals surface area contributed by atoms with E-state index in [1.165, 1.54) is 4.31 Å². The molecule has 33 heavy (non-hydrogen) atoms. The Labute approximate surface area is 194 Å². The van der Waals surface area contributed by atoms with Gasteiger partial charge in [0.1, 0.15) is 10.6 Å². The summed E-state index contributed by atoms with van der Waals surface area (Å²) in [6, 6.07) is 8.75. The van der Waals surface area contributed by atoms with Gasteiger partial charge in [0.15, 0.2) is 5.76 Å². The molecule has 2 heterocycles. The average molecular weight is 478 g/mol. The van der Waals surface area contributed by atoms with E-state index < -0.39 is 16.1 Å². The molecule has 180 valence electrons. The maximum atomic E-state index is 13.0. The minimum Gasteiger partial charge on any atom is -0.463 e. The molecule has 2 aromatic rings. The SMILES string of the molecule is Cc1noc(C)c1S(=O)(=O)N1CCC(C(=O)NC(CC(=O)OC(C)C)c2ccccc2)CC1. The maximum absolute atomic E-state index is 13.0. The van der Waals surface area contributed by atoms with Crippen molar-refractivity contribution in [2.24, 2.45) is 5.92 Å². The van der Waals surface area contributed by atoms with Crippen LogP contribution in [0.2, 0.25) is 0 Å². The normalized spacial score (nSPS) is 16.5. The Bertz CT molecular complexity index is 1050. The van der Waals surface area contributed by atoms with Crippen LogP contribution in [0.5, 0.6) is 0 Å². The zero-order valence-electron chi connectivity index (χ0n) is 19.4. The van der Waals surface area contributed by atoms with Gasteiger partial charge in [-0.15, -0.1) is 0 Å². The van der Waals surface area contributed by atoms with Crippen LogP contribution in [-0.2, 0) is 24.3 Å². The van der Waals surface area contributed by atoms with Crippen molar-refractivity contribution in [1.82, 2.24) is 14.8 Å². The van der Waals surface area contributed by atoms with Crippen LogP contribution in [0.25, 0.3) is 0 Å². The lowest BCUT2D eigenvalue weighted by Gasteiger charge is -2.31. The molecule has 9 nitrogen and oxygen atoms in total. The number of nitrogens with one attached hydrogen (secondary N) is 1. The third-order valence-corrected chi connectivity index (χ3v) is 7.79. The van der Waals surface area contributed by atoms with Crippen LogP contribution >= 0.6 is 0 Å². The van der Waals surface area contributed by atoms with Gasteiger partial charge in [0.25, 0.3) is 0 Å². The van der Waals surface area contributed by atoms with Crippen LogP contribution in [0.1, 0.15) is 56.2 Å². The molecule has 1 fully saturated rings. The lowest BCUT2D eigenvalue weighted by molar-refractivity contribution is -0.148. The van der Waals surface area contributed by atoms with Crippen molar-refractivity contribution in [3.05, 3.63) is 47.3 Å². The summed E-state index contributed by atoms with van der Waals surface area (Å²) >= 11 is 0. The highest BCUT2D eigenvalue weighted by atomic mass is 32.2. The molecule has 1 aromatic carbocycles. The summed E-state index contributed by atoms with van der Waals surface area (Å²) in [5.74, 6) is -0.685. The molecule has 1 atom stereocenters. The number of piperidine rings is 1. The highest BCUT2D eigenvalue weighted by molar-refractivity contribution is 7.89. The first kappa shape index (κ1) is 24.9. The molecule has 0 saturated carbocycles. The number of aromatic nitrogens is 1. The molecule has 0 spiro atoms. The van der Waals surface area contributed by atoms with Crippen molar-refractivity contribution in [2.45, 2.75) is 64.0 Å². The number of hydrogen-bond acceptors (Lipinski definition) is 7. The Hall–Kier alpha value is -2.72. The Morgan fingerprint density at radius 1 is 1.18 bits per heavy atom. The number of sulfonamides is 1. The first-order chi connectivity index (χ1) is 15.6. The average Bonchev–Trinajstić information content (AvgIpc) is 3.12. The molecule has 1 amide bonds. The number of ether oxygens (including phenoxy) is 1. The fraction of sp³-hybridized carbons (Fsp3) is 0.522. The van der Waals surface area contributed by atoms with Gasteiger partial charge >= 0.3 is 5.97 Å². The number of aryl methyl sites for hydroxylation is 2. The highest BCUT2D eigenvalue weighted by Gasteiger charge is 2.36. The number of benzene rings is 1. The molecule has 0 bridgehead atoms. The fourth-order valence-electron chi connectivity index (χ4n) is 4.04. The zero-order valence-corrected chi connectivity index (χ0v) is 20.2. The van der Waals surface area contributed by atoms with Crippen molar-refractivity contribution in [3.63, 3.8) is 0 Å². The molecule has 3 rings (SSSR count). The molecular formula is C23H31N3O6S. The molecule has 1 N–H and O–H groups in total. The monoisotopic (exact) mass is 477 g/mol. The van der Waals surface area contributed by atoms with Crippen molar-refractivity contribution < 1.29 is 27.3 Å². The molecular weight excluding hydrogens is 446 g/mol. The lowest BCUT2D eigenvalue weighted by atomic mass is 9.95. The summed E-state index contributed by atoms with van der Waals surface area (Å²) in [7, 11) is -3.74. The van der Waals surface area contributed by atoms with Crippen LogP contribution in [0.15, 0.2) is 39.8 Å². The number of amides is 1. The third-order valence-electron chi connectivity index (χ3n) is 5.65. The van der Waals surface area contributed by atoms with Crippen LogP contribution in [0.3, 0.4) is 0 Å². The maximum Gasteiger partial charge on any atom is 0.308 e. The van der Waals surface area contributed by atoms with E-state index >= 15 is 0 Å². The standard InChI is InChI=1S/C23H31N3O6S/c1-15(2)31-21(27)14-20(18-8-6-5-7-9-18)24-23(28)19-10-12-26(13-11-19)33(29,30)22-16(3)25-32-17(22)4/h5-9,15,19-20H,10-14H2,1-4H3,(H,24,28). The second-order valence-corrected chi connectivity index (χ2v) is 10.4.